The van der Waals surface area contributed by atoms with E-state index in [0.29, 0.717) is 0 Å². The smallest absolute Gasteiger partial charge is 0.251 e. The van der Waals surface area contributed by atoms with E-state index in [9.17, 15) is 9.59 Å². The molecular weight excluding hydrogens is 180 g/mol. The monoisotopic (exact) mass is 186 g/mol. The second-order valence-electron chi connectivity index (χ2n) is 2.30. The third-order valence-corrected chi connectivity index (χ3v) is 1.96. The van der Waals surface area contributed by atoms with Crippen molar-refractivity contribution in [1.82, 2.24) is 4.57 Å². The molecule has 0 bridgehead atoms. The van der Waals surface area contributed by atoms with Gasteiger partial charge in [0.05, 0.1) is 5.56 Å². The number of primary amides is 1. The molecule has 64 valence electrons. The SMILES string of the molecule is Cn1c(Cl)c(C(N)=O)ccc1=O. The van der Waals surface area contributed by atoms with Gasteiger partial charge in [-0.2, -0.15) is 0 Å². The molecule has 0 aliphatic rings. The van der Waals surface area contributed by atoms with Crippen LogP contribution in [0.25, 0.3) is 0 Å². The number of aromatic nitrogens is 1. The maximum Gasteiger partial charge on any atom is 0.251 e. The minimum absolute atomic E-state index is 0.0648. The molecular formula is C7H7ClN2O2. The molecule has 0 unspecified atom stereocenters. The molecule has 0 aliphatic carbocycles. The summed E-state index contributed by atoms with van der Waals surface area (Å²) in [4.78, 5) is 21.6. The molecule has 0 saturated heterocycles. The Bertz CT molecular complexity index is 383. The van der Waals surface area contributed by atoms with E-state index in [2.05, 4.69) is 0 Å². The highest BCUT2D eigenvalue weighted by molar-refractivity contribution is 6.32. The third-order valence-electron chi connectivity index (χ3n) is 1.51. The molecule has 0 atom stereocenters. The molecule has 5 heteroatoms. The van der Waals surface area contributed by atoms with E-state index in [4.69, 9.17) is 17.3 Å². The zero-order valence-corrected chi connectivity index (χ0v) is 7.13. The molecule has 1 heterocycles. The number of nitrogens with two attached hydrogens (primary N) is 1. The van der Waals surface area contributed by atoms with Crippen LogP contribution in [0.5, 0.6) is 0 Å². The normalized spacial score (nSPS) is 9.83. The van der Waals surface area contributed by atoms with Crippen molar-refractivity contribution in [3.63, 3.8) is 0 Å². The summed E-state index contributed by atoms with van der Waals surface area (Å²) in [6.07, 6.45) is 0. The zero-order valence-electron chi connectivity index (χ0n) is 6.37. The molecule has 0 radical (unpaired) electrons. The predicted molar refractivity (Wildman–Crippen MR) is 45.2 cm³/mol. The van der Waals surface area contributed by atoms with Gasteiger partial charge in [0.2, 0.25) is 0 Å². The van der Waals surface area contributed by atoms with Crippen molar-refractivity contribution in [1.29, 1.82) is 0 Å². The van der Waals surface area contributed by atoms with Gasteiger partial charge in [-0.25, -0.2) is 0 Å². The van der Waals surface area contributed by atoms with Crippen LogP contribution in [0.2, 0.25) is 5.15 Å². The number of rotatable bonds is 1. The fraction of sp³-hybridized carbons (Fsp3) is 0.143. The van der Waals surface area contributed by atoms with E-state index in [-0.39, 0.29) is 16.3 Å². The Labute approximate surface area is 73.6 Å². The highest BCUT2D eigenvalue weighted by Gasteiger charge is 2.08. The Morgan fingerprint density at radius 1 is 1.58 bits per heavy atom. The van der Waals surface area contributed by atoms with E-state index >= 15 is 0 Å². The summed E-state index contributed by atoms with van der Waals surface area (Å²) < 4.78 is 1.15. The lowest BCUT2D eigenvalue weighted by molar-refractivity contribution is 0.0999. The highest BCUT2D eigenvalue weighted by Crippen LogP contribution is 2.10. The summed E-state index contributed by atoms with van der Waals surface area (Å²) in [6, 6.07) is 2.55. The van der Waals surface area contributed by atoms with Crippen molar-refractivity contribution < 1.29 is 4.79 Å². The van der Waals surface area contributed by atoms with Gasteiger partial charge >= 0.3 is 0 Å². The van der Waals surface area contributed by atoms with Gasteiger partial charge in [-0.1, -0.05) is 11.6 Å². The lowest BCUT2D eigenvalue weighted by Gasteiger charge is -2.03. The lowest BCUT2D eigenvalue weighted by Crippen LogP contribution is -2.21. The fourth-order valence-corrected chi connectivity index (χ4v) is 1.04. The van der Waals surface area contributed by atoms with Gasteiger partial charge in [0.1, 0.15) is 5.15 Å². The van der Waals surface area contributed by atoms with Crippen LogP contribution in [0.3, 0.4) is 0 Å². The number of pyridine rings is 1. The number of hydrogen-bond acceptors (Lipinski definition) is 2. The molecule has 1 aromatic heterocycles. The molecule has 1 aromatic rings. The van der Waals surface area contributed by atoms with Crippen LogP contribution in [0, 0.1) is 0 Å². The first kappa shape index (κ1) is 8.80. The number of halogens is 1. The van der Waals surface area contributed by atoms with E-state index in [1.807, 2.05) is 0 Å². The summed E-state index contributed by atoms with van der Waals surface area (Å²) in [5.74, 6) is -0.643. The topological polar surface area (TPSA) is 65.1 Å². The molecule has 4 nitrogen and oxygen atoms in total. The maximum absolute atomic E-state index is 10.9. The highest BCUT2D eigenvalue weighted by atomic mass is 35.5. The molecule has 0 aliphatic heterocycles. The van der Waals surface area contributed by atoms with Gasteiger partial charge in [-0.3, -0.25) is 9.59 Å². The lowest BCUT2D eigenvalue weighted by atomic mass is 10.3. The molecule has 12 heavy (non-hydrogen) atoms. The van der Waals surface area contributed by atoms with Crippen LogP contribution in [0.15, 0.2) is 16.9 Å². The minimum Gasteiger partial charge on any atom is -0.366 e. The largest absolute Gasteiger partial charge is 0.366 e. The van der Waals surface area contributed by atoms with Gasteiger partial charge in [-0.05, 0) is 6.07 Å². The molecule has 0 aromatic carbocycles. The summed E-state index contributed by atoms with van der Waals surface area (Å²) in [5.41, 5.74) is 4.87. The predicted octanol–water partition coefficient (Wildman–Crippen LogP) is 0.138. The number of nitrogens with zero attached hydrogens (tertiary/aromatic N) is 1. The molecule has 1 rings (SSSR count). The van der Waals surface area contributed by atoms with E-state index < -0.39 is 5.91 Å². The average molecular weight is 187 g/mol. The van der Waals surface area contributed by atoms with Crippen LogP contribution in [0.1, 0.15) is 10.4 Å². The van der Waals surface area contributed by atoms with Gasteiger partial charge in [0.15, 0.2) is 0 Å². The maximum atomic E-state index is 10.9. The van der Waals surface area contributed by atoms with Crippen molar-refractivity contribution in [2.24, 2.45) is 12.8 Å². The van der Waals surface area contributed by atoms with Crippen molar-refractivity contribution >= 4 is 17.5 Å². The van der Waals surface area contributed by atoms with Gasteiger partial charge in [-0.15, -0.1) is 0 Å². The van der Waals surface area contributed by atoms with Crippen molar-refractivity contribution in [2.75, 3.05) is 0 Å². The first-order valence-corrected chi connectivity index (χ1v) is 3.57. The first-order chi connectivity index (χ1) is 5.54. The minimum atomic E-state index is -0.643. The van der Waals surface area contributed by atoms with Crippen LogP contribution < -0.4 is 11.3 Å². The Balaban J connectivity index is 3.47. The van der Waals surface area contributed by atoms with Crippen molar-refractivity contribution in [2.45, 2.75) is 0 Å². The summed E-state index contributed by atoms with van der Waals surface area (Å²) in [5, 5.41) is 0.0648. The van der Waals surface area contributed by atoms with E-state index in [1.165, 1.54) is 19.2 Å². The number of hydrogen-bond donors (Lipinski definition) is 1. The van der Waals surface area contributed by atoms with Crippen molar-refractivity contribution in [3.8, 4) is 0 Å². The summed E-state index contributed by atoms with van der Waals surface area (Å²) >= 11 is 5.66. The fourth-order valence-electron chi connectivity index (χ4n) is 0.796. The van der Waals surface area contributed by atoms with Gasteiger partial charge < -0.3 is 10.3 Å². The van der Waals surface area contributed by atoms with Crippen LogP contribution in [0.4, 0.5) is 0 Å². The molecule has 0 spiro atoms. The second kappa shape index (κ2) is 2.98. The summed E-state index contributed by atoms with van der Waals surface area (Å²) in [6.45, 7) is 0. The Morgan fingerprint density at radius 3 is 2.67 bits per heavy atom. The van der Waals surface area contributed by atoms with E-state index in [0.717, 1.165) is 4.57 Å². The third kappa shape index (κ3) is 1.33. The van der Waals surface area contributed by atoms with E-state index in [1.54, 1.807) is 0 Å². The zero-order chi connectivity index (χ0) is 9.30. The first-order valence-electron chi connectivity index (χ1n) is 3.19. The molecule has 2 N–H and O–H groups in total. The standard InChI is InChI=1S/C7H7ClN2O2/c1-10-5(11)3-2-4(6(10)8)7(9)12/h2-3H,1H3,(H2,9,12). The molecule has 0 fully saturated rings. The Morgan fingerprint density at radius 2 is 2.17 bits per heavy atom. The Hall–Kier alpha value is -1.29. The number of amides is 1. The van der Waals surface area contributed by atoms with Gasteiger partial charge in [0.25, 0.3) is 11.5 Å². The second-order valence-corrected chi connectivity index (χ2v) is 2.66. The van der Waals surface area contributed by atoms with Crippen LogP contribution >= 0.6 is 11.6 Å². The molecule has 0 saturated carbocycles. The molecule has 1 amide bonds. The average Bonchev–Trinajstić information content (AvgIpc) is 2.00. The Kier molecular flexibility index (Phi) is 2.19. The van der Waals surface area contributed by atoms with Crippen LogP contribution in [-0.2, 0) is 7.05 Å². The van der Waals surface area contributed by atoms with Gasteiger partial charge in [0, 0.05) is 13.1 Å². The number of carbonyl (C=O) groups is 1. The van der Waals surface area contributed by atoms with Crippen molar-refractivity contribution in [3.05, 3.63) is 33.2 Å². The van der Waals surface area contributed by atoms with Crippen LogP contribution in [-0.4, -0.2) is 10.5 Å². The summed E-state index contributed by atoms with van der Waals surface area (Å²) in [7, 11) is 1.47. The quantitative estimate of drug-likeness (QED) is 0.634. The number of carbonyl (C=O) groups excluding carboxylic acids is 1.